The summed E-state index contributed by atoms with van der Waals surface area (Å²) in [7, 11) is 0. The number of aromatic nitrogens is 3. The normalized spacial score (nSPS) is 20.5. The monoisotopic (exact) mass is 535 g/mol. The first kappa shape index (κ1) is 24.2. The average molecular weight is 536 g/mol. The maximum atomic E-state index is 11.1. The van der Waals surface area contributed by atoms with Crippen molar-refractivity contribution in [3.63, 3.8) is 0 Å². The van der Waals surface area contributed by atoms with Crippen LogP contribution in [0.2, 0.25) is 10.0 Å². The Bertz CT molecular complexity index is 1490. The Morgan fingerprint density at radius 2 is 1.92 bits per heavy atom. The second-order valence-electron chi connectivity index (χ2n) is 9.03. The van der Waals surface area contributed by atoms with Crippen LogP contribution in [0.15, 0.2) is 89.9 Å². The molecule has 6 rings (SSSR count). The summed E-state index contributed by atoms with van der Waals surface area (Å²) in [5.74, 6) is -0.630. The number of hydrogen-bond acceptors (Lipinski definition) is 6. The van der Waals surface area contributed by atoms with E-state index in [4.69, 9.17) is 37.1 Å². The third-order valence-electron chi connectivity index (χ3n) is 6.48. The molecule has 7 nitrogen and oxygen atoms in total. The average Bonchev–Trinajstić information content (AvgIpc) is 3.65. The molecule has 3 aromatic carbocycles. The number of ether oxygens (including phenoxy) is 2. The Morgan fingerprint density at radius 1 is 1.08 bits per heavy atom. The SMILES string of the molecule is OC(Cc1ccc(-c2nc3ccccc3o2)cc1)C1COC(Cn2ccnc2)(c2ccc(Cl)cc2Cl)O1. The van der Waals surface area contributed by atoms with E-state index in [1.54, 1.807) is 30.7 Å². The molecule has 3 unspecified atom stereocenters. The number of benzene rings is 3. The molecule has 1 saturated heterocycles. The van der Waals surface area contributed by atoms with Gasteiger partial charge in [-0.05, 0) is 42.0 Å². The summed E-state index contributed by atoms with van der Waals surface area (Å²) in [4.78, 5) is 8.66. The number of oxazole rings is 1. The van der Waals surface area contributed by atoms with Gasteiger partial charge >= 0.3 is 0 Å². The summed E-state index contributed by atoms with van der Waals surface area (Å²) < 4.78 is 20.3. The van der Waals surface area contributed by atoms with Gasteiger partial charge in [0.1, 0.15) is 11.6 Å². The first-order valence-electron chi connectivity index (χ1n) is 11.9. The minimum atomic E-state index is -1.19. The summed E-state index contributed by atoms with van der Waals surface area (Å²) in [6, 6.07) is 20.6. The highest BCUT2D eigenvalue weighted by Gasteiger charge is 2.47. The molecule has 1 aliphatic heterocycles. The molecule has 0 radical (unpaired) electrons. The topological polar surface area (TPSA) is 82.5 Å². The van der Waals surface area contributed by atoms with Crippen LogP contribution >= 0.6 is 23.2 Å². The van der Waals surface area contributed by atoms with Gasteiger partial charge in [0.05, 0.1) is 30.6 Å². The molecule has 0 amide bonds. The van der Waals surface area contributed by atoms with Crippen molar-refractivity contribution < 1.29 is 19.0 Å². The van der Waals surface area contributed by atoms with Crippen LogP contribution in [0.5, 0.6) is 0 Å². The van der Waals surface area contributed by atoms with Crippen molar-refractivity contribution in [3.05, 3.63) is 107 Å². The number of nitrogens with zero attached hydrogens (tertiary/aromatic N) is 3. The van der Waals surface area contributed by atoms with E-state index < -0.39 is 18.0 Å². The highest BCUT2D eigenvalue weighted by molar-refractivity contribution is 6.35. The molecule has 0 aliphatic carbocycles. The first-order chi connectivity index (χ1) is 18.0. The predicted molar refractivity (Wildman–Crippen MR) is 140 cm³/mol. The lowest BCUT2D eigenvalue weighted by Gasteiger charge is -2.30. The maximum Gasteiger partial charge on any atom is 0.227 e. The molecule has 1 aliphatic rings. The molecule has 3 heterocycles. The number of aliphatic hydroxyl groups is 1. The van der Waals surface area contributed by atoms with Crippen LogP contribution in [0, 0.1) is 0 Å². The van der Waals surface area contributed by atoms with Gasteiger partial charge in [-0.3, -0.25) is 0 Å². The lowest BCUT2D eigenvalue weighted by molar-refractivity contribution is -0.195. The van der Waals surface area contributed by atoms with E-state index in [1.807, 2.05) is 59.3 Å². The van der Waals surface area contributed by atoms with Crippen LogP contribution in [-0.2, 0) is 28.2 Å². The van der Waals surface area contributed by atoms with E-state index in [0.717, 1.165) is 22.2 Å². The number of hydrogen-bond donors (Lipinski definition) is 1. The Hall–Kier alpha value is -3.20. The fourth-order valence-electron chi connectivity index (χ4n) is 4.60. The fraction of sp³-hybridized carbons (Fsp3) is 0.214. The summed E-state index contributed by atoms with van der Waals surface area (Å²) in [5, 5.41) is 12.0. The molecule has 0 bridgehead atoms. The van der Waals surface area contributed by atoms with Crippen molar-refractivity contribution in [1.29, 1.82) is 0 Å². The first-order valence-corrected chi connectivity index (χ1v) is 12.6. The number of aliphatic hydroxyl groups excluding tert-OH is 1. The quantitative estimate of drug-likeness (QED) is 0.280. The van der Waals surface area contributed by atoms with Crippen molar-refractivity contribution >= 4 is 34.3 Å². The van der Waals surface area contributed by atoms with E-state index >= 15 is 0 Å². The number of halogens is 2. The van der Waals surface area contributed by atoms with E-state index in [1.165, 1.54) is 0 Å². The van der Waals surface area contributed by atoms with Crippen LogP contribution in [0.3, 0.4) is 0 Å². The zero-order valence-electron chi connectivity index (χ0n) is 19.6. The van der Waals surface area contributed by atoms with Crippen molar-refractivity contribution in [2.24, 2.45) is 0 Å². The molecule has 9 heteroatoms. The number of rotatable bonds is 7. The highest BCUT2D eigenvalue weighted by Crippen LogP contribution is 2.41. The van der Waals surface area contributed by atoms with Crippen molar-refractivity contribution in [2.75, 3.05) is 6.61 Å². The van der Waals surface area contributed by atoms with Gasteiger partial charge in [0.2, 0.25) is 11.7 Å². The fourth-order valence-corrected chi connectivity index (χ4v) is 5.15. The Balaban J connectivity index is 1.19. The van der Waals surface area contributed by atoms with Crippen LogP contribution in [0.25, 0.3) is 22.6 Å². The number of imidazole rings is 1. The molecule has 37 heavy (non-hydrogen) atoms. The Labute approximate surface area is 223 Å². The summed E-state index contributed by atoms with van der Waals surface area (Å²) in [5.41, 5.74) is 4.02. The third kappa shape index (κ3) is 4.89. The molecular weight excluding hydrogens is 513 g/mol. The van der Waals surface area contributed by atoms with E-state index in [-0.39, 0.29) is 6.61 Å². The van der Waals surface area contributed by atoms with Gasteiger partial charge in [-0.25, -0.2) is 9.97 Å². The standard InChI is InChI=1S/C28H23Cl2N3O4/c29-20-9-10-21(22(30)14-20)28(16-33-12-11-31-17-33)35-15-26(37-28)24(34)13-18-5-7-19(8-6-18)27-32-23-3-1-2-4-25(23)36-27/h1-12,14,17,24,26,34H,13,15-16H2. The van der Waals surface area contributed by atoms with Gasteiger partial charge in [0, 0.05) is 35.0 Å². The van der Waals surface area contributed by atoms with Crippen LogP contribution in [0.1, 0.15) is 11.1 Å². The van der Waals surface area contributed by atoms with Gasteiger partial charge in [0.25, 0.3) is 0 Å². The van der Waals surface area contributed by atoms with Crippen LogP contribution < -0.4 is 0 Å². The molecule has 5 aromatic rings. The second-order valence-corrected chi connectivity index (χ2v) is 9.88. The van der Waals surface area contributed by atoms with E-state index in [2.05, 4.69) is 9.97 Å². The molecule has 3 atom stereocenters. The smallest absolute Gasteiger partial charge is 0.227 e. The van der Waals surface area contributed by atoms with Crippen LogP contribution in [0.4, 0.5) is 0 Å². The van der Waals surface area contributed by atoms with E-state index in [9.17, 15) is 5.11 Å². The summed E-state index contributed by atoms with van der Waals surface area (Å²) >= 11 is 12.7. The predicted octanol–water partition coefficient (Wildman–Crippen LogP) is 5.87. The number of para-hydroxylation sites is 2. The lowest BCUT2D eigenvalue weighted by atomic mass is 10.0. The van der Waals surface area contributed by atoms with Crippen LogP contribution in [-0.4, -0.2) is 38.5 Å². The second kappa shape index (κ2) is 9.93. The Kier molecular flexibility index (Phi) is 6.48. The molecule has 0 spiro atoms. The largest absolute Gasteiger partial charge is 0.436 e. The summed E-state index contributed by atoms with van der Waals surface area (Å²) in [6.07, 6.45) is 4.21. The number of fused-ring (bicyclic) bond motifs is 1. The van der Waals surface area contributed by atoms with Gasteiger partial charge in [0.15, 0.2) is 5.58 Å². The third-order valence-corrected chi connectivity index (χ3v) is 7.03. The zero-order chi connectivity index (χ0) is 25.4. The van der Waals surface area contributed by atoms with Crippen molar-refractivity contribution in [3.8, 4) is 11.5 Å². The summed E-state index contributed by atoms with van der Waals surface area (Å²) in [6.45, 7) is 0.520. The minimum Gasteiger partial charge on any atom is -0.436 e. The molecule has 1 N–H and O–H groups in total. The molecule has 188 valence electrons. The van der Waals surface area contributed by atoms with Gasteiger partial charge in [-0.1, -0.05) is 53.5 Å². The minimum absolute atomic E-state index is 0.204. The van der Waals surface area contributed by atoms with Gasteiger partial charge < -0.3 is 23.6 Å². The molecule has 2 aromatic heterocycles. The van der Waals surface area contributed by atoms with Gasteiger partial charge in [-0.15, -0.1) is 0 Å². The molecule has 1 fully saturated rings. The van der Waals surface area contributed by atoms with Gasteiger partial charge in [-0.2, -0.15) is 0 Å². The van der Waals surface area contributed by atoms with E-state index in [0.29, 0.717) is 34.5 Å². The lowest BCUT2D eigenvalue weighted by Crippen LogP contribution is -2.36. The Morgan fingerprint density at radius 3 is 2.68 bits per heavy atom. The zero-order valence-corrected chi connectivity index (χ0v) is 21.1. The molecular formula is C28H23Cl2N3O4. The molecule has 0 saturated carbocycles. The van der Waals surface area contributed by atoms with Crippen molar-refractivity contribution in [1.82, 2.24) is 14.5 Å². The maximum absolute atomic E-state index is 11.1. The highest BCUT2D eigenvalue weighted by atomic mass is 35.5. The van der Waals surface area contributed by atoms with Crippen molar-refractivity contribution in [2.45, 2.75) is 31.0 Å².